The van der Waals surface area contributed by atoms with Crippen molar-refractivity contribution < 1.29 is 14.3 Å². The Morgan fingerprint density at radius 1 is 0.892 bits per heavy atom. The third kappa shape index (κ3) is 6.03. The maximum atomic E-state index is 12.5. The number of aromatic nitrogens is 4. The molecule has 0 aliphatic rings. The predicted molar refractivity (Wildman–Crippen MR) is 144 cm³/mol. The Bertz CT molecular complexity index is 1450. The van der Waals surface area contributed by atoms with Crippen LogP contribution in [0.2, 0.25) is 0 Å². The molecule has 4 rings (SSSR count). The SMILES string of the molecule is Cc1ccc(Cn2nc(C)c(C=CC(=O)OCC(=O)Nc3c(C)nn(-c4ccccc4)c3C)c2C)cc1. The summed E-state index contributed by atoms with van der Waals surface area (Å²) in [6.07, 6.45) is 3.01. The van der Waals surface area contributed by atoms with Gasteiger partial charge in [-0.1, -0.05) is 48.0 Å². The summed E-state index contributed by atoms with van der Waals surface area (Å²) in [5, 5.41) is 11.9. The maximum Gasteiger partial charge on any atom is 0.331 e. The number of hydrogen-bond acceptors (Lipinski definition) is 5. The summed E-state index contributed by atoms with van der Waals surface area (Å²) in [4.78, 5) is 24.8. The van der Waals surface area contributed by atoms with Crippen molar-refractivity contribution in [3.8, 4) is 5.69 Å². The van der Waals surface area contributed by atoms with E-state index in [0.29, 0.717) is 17.9 Å². The number of amides is 1. The van der Waals surface area contributed by atoms with Gasteiger partial charge in [0.05, 0.1) is 35.0 Å². The third-order valence-corrected chi connectivity index (χ3v) is 6.18. The molecule has 37 heavy (non-hydrogen) atoms. The van der Waals surface area contributed by atoms with Crippen molar-refractivity contribution >= 4 is 23.6 Å². The lowest BCUT2D eigenvalue weighted by Crippen LogP contribution is -2.20. The quantitative estimate of drug-likeness (QED) is 0.277. The second-order valence-corrected chi connectivity index (χ2v) is 9.01. The summed E-state index contributed by atoms with van der Waals surface area (Å²) in [6.45, 7) is 9.86. The summed E-state index contributed by atoms with van der Waals surface area (Å²) >= 11 is 0. The number of carbonyl (C=O) groups excluding carboxylic acids is 2. The Balaban J connectivity index is 1.35. The molecule has 0 radical (unpaired) electrons. The molecule has 0 unspecified atom stereocenters. The van der Waals surface area contributed by atoms with Crippen LogP contribution < -0.4 is 5.32 Å². The molecule has 0 spiro atoms. The number of ether oxygens (including phenoxy) is 1. The van der Waals surface area contributed by atoms with Gasteiger partial charge in [0, 0.05) is 17.3 Å². The van der Waals surface area contributed by atoms with Crippen LogP contribution in [0.5, 0.6) is 0 Å². The van der Waals surface area contributed by atoms with Crippen molar-refractivity contribution in [1.82, 2.24) is 19.6 Å². The van der Waals surface area contributed by atoms with Gasteiger partial charge in [-0.05, 0) is 58.4 Å². The van der Waals surface area contributed by atoms with Gasteiger partial charge in [-0.3, -0.25) is 9.48 Å². The number of hydrogen-bond donors (Lipinski definition) is 1. The van der Waals surface area contributed by atoms with E-state index in [1.165, 1.54) is 11.6 Å². The lowest BCUT2D eigenvalue weighted by molar-refractivity contribution is -0.142. The highest BCUT2D eigenvalue weighted by molar-refractivity contribution is 5.95. The number of benzene rings is 2. The van der Waals surface area contributed by atoms with Crippen LogP contribution in [0, 0.1) is 34.6 Å². The third-order valence-electron chi connectivity index (χ3n) is 6.18. The molecular weight excluding hydrogens is 466 g/mol. The fourth-order valence-electron chi connectivity index (χ4n) is 4.13. The number of nitrogens with one attached hydrogen (secondary N) is 1. The second kappa shape index (κ2) is 11.1. The molecule has 190 valence electrons. The van der Waals surface area contributed by atoms with E-state index in [0.717, 1.165) is 33.9 Å². The van der Waals surface area contributed by atoms with Crippen molar-refractivity contribution in [3.63, 3.8) is 0 Å². The van der Waals surface area contributed by atoms with E-state index < -0.39 is 18.5 Å². The van der Waals surface area contributed by atoms with E-state index in [1.54, 1.807) is 10.8 Å². The number of carbonyl (C=O) groups is 2. The first kappa shape index (κ1) is 25.6. The first-order chi connectivity index (χ1) is 17.7. The number of nitrogens with zero attached hydrogens (tertiary/aromatic N) is 4. The predicted octanol–water partition coefficient (Wildman–Crippen LogP) is 4.85. The van der Waals surface area contributed by atoms with Crippen LogP contribution in [0.15, 0.2) is 60.7 Å². The molecule has 0 saturated heterocycles. The van der Waals surface area contributed by atoms with Crippen molar-refractivity contribution in [2.24, 2.45) is 0 Å². The van der Waals surface area contributed by atoms with E-state index in [4.69, 9.17) is 4.74 Å². The van der Waals surface area contributed by atoms with E-state index in [2.05, 4.69) is 46.7 Å². The first-order valence-electron chi connectivity index (χ1n) is 12.1. The minimum Gasteiger partial charge on any atom is -0.452 e. The minimum absolute atomic E-state index is 0.400. The van der Waals surface area contributed by atoms with Crippen molar-refractivity contribution in [3.05, 3.63) is 100 Å². The average Bonchev–Trinajstić information content (AvgIpc) is 3.32. The number of rotatable bonds is 8. The van der Waals surface area contributed by atoms with E-state index in [-0.39, 0.29) is 0 Å². The monoisotopic (exact) mass is 497 g/mol. The van der Waals surface area contributed by atoms with Crippen LogP contribution in [-0.2, 0) is 20.9 Å². The molecule has 0 aliphatic carbocycles. The molecular formula is C29H31N5O3. The van der Waals surface area contributed by atoms with Gasteiger partial charge in [0.25, 0.3) is 5.91 Å². The molecule has 2 aromatic heterocycles. The normalized spacial score (nSPS) is 11.2. The van der Waals surface area contributed by atoms with E-state index in [9.17, 15) is 9.59 Å². The van der Waals surface area contributed by atoms with Gasteiger partial charge in [0.2, 0.25) is 0 Å². The van der Waals surface area contributed by atoms with Gasteiger partial charge in [-0.2, -0.15) is 10.2 Å². The highest BCUT2D eigenvalue weighted by Gasteiger charge is 2.16. The van der Waals surface area contributed by atoms with Crippen LogP contribution in [0.1, 0.15) is 39.5 Å². The van der Waals surface area contributed by atoms with Gasteiger partial charge < -0.3 is 10.1 Å². The van der Waals surface area contributed by atoms with Gasteiger partial charge in [0.1, 0.15) is 0 Å². The van der Waals surface area contributed by atoms with Gasteiger partial charge in [0.15, 0.2) is 6.61 Å². The molecule has 0 atom stereocenters. The summed E-state index contributed by atoms with van der Waals surface area (Å²) in [5.74, 6) is -1.03. The molecule has 4 aromatic rings. The fourth-order valence-corrected chi connectivity index (χ4v) is 4.13. The summed E-state index contributed by atoms with van der Waals surface area (Å²) < 4.78 is 8.85. The minimum atomic E-state index is -0.603. The van der Waals surface area contributed by atoms with Gasteiger partial charge >= 0.3 is 5.97 Å². The zero-order valence-corrected chi connectivity index (χ0v) is 21.8. The van der Waals surface area contributed by atoms with Crippen LogP contribution in [0.3, 0.4) is 0 Å². The average molecular weight is 498 g/mol. The molecule has 8 heteroatoms. The fraction of sp³-hybridized carbons (Fsp3) is 0.241. The van der Waals surface area contributed by atoms with Crippen LogP contribution in [0.25, 0.3) is 11.8 Å². The molecule has 0 bridgehead atoms. The number of para-hydroxylation sites is 1. The van der Waals surface area contributed by atoms with E-state index in [1.807, 2.05) is 62.7 Å². The lowest BCUT2D eigenvalue weighted by Gasteiger charge is -2.07. The number of aryl methyl sites for hydroxylation is 3. The first-order valence-corrected chi connectivity index (χ1v) is 12.1. The van der Waals surface area contributed by atoms with Crippen LogP contribution in [0.4, 0.5) is 5.69 Å². The second-order valence-electron chi connectivity index (χ2n) is 9.01. The Morgan fingerprint density at radius 3 is 2.30 bits per heavy atom. The number of anilines is 1. The van der Waals surface area contributed by atoms with Crippen molar-refractivity contribution in [2.45, 2.75) is 41.2 Å². The molecule has 0 aliphatic heterocycles. The van der Waals surface area contributed by atoms with Crippen molar-refractivity contribution in [1.29, 1.82) is 0 Å². The van der Waals surface area contributed by atoms with Crippen molar-refractivity contribution in [2.75, 3.05) is 11.9 Å². The molecule has 2 heterocycles. The standard InChI is InChI=1S/C29H31N5O3/c1-19-11-13-24(14-12-19)17-33-22(4)26(20(2)31-33)15-16-28(36)37-18-27(35)30-29-21(3)32-34(23(29)5)25-9-7-6-8-10-25/h6-16H,17-18H2,1-5H3,(H,30,35). The Hall–Kier alpha value is -4.46. The highest BCUT2D eigenvalue weighted by Crippen LogP contribution is 2.22. The maximum absolute atomic E-state index is 12.5. The largest absolute Gasteiger partial charge is 0.452 e. The Morgan fingerprint density at radius 2 is 1.59 bits per heavy atom. The Kier molecular flexibility index (Phi) is 7.67. The molecule has 2 aromatic carbocycles. The number of esters is 1. The molecule has 0 saturated carbocycles. The molecule has 1 N–H and O–H groups in total. The lowest BCUT2D eigenvalue weighted by atomic mass is 10.1. The highest BCUT2D eigenvalue weighted by atomic mass is 16.5. The zero-order chi connectivity index (χ0) is 26.5. The molecule has 8 nitrogen and oxygen atoms in total. The summed E-state index contributed by atoms with van der Waals surface area (Å²) in [6, 6.07) is 18.0. The summed E-state index contributed by atoms with van der Waals surface area (Å²) in [5.41, 5.74) is 7.94. The van der Waals surface area contributed by atoms with E-state index >= 15 is 0 Å². The molecule has 1 amide bonds. The van der Waals surface area contributed by atoms with Gasteiger partial charge in [-0.25, -0.2) is 9.48 Å². The van der Waals surface area contributed by atoms with Gasteiger partial charge in [-0.15, -0.1) is 0 Å². The van der Waals surface area contributed by atoms with Crippen LogP contribution >= 0.6 is 0 Å². The Labute approximate surface area is 216 Å². The molecule has 0 fully saturated rings. The summed E-state index contributed by atoms with van der Waals surface area (Å²) in [7, 11) is 0. The topological polar surface area (TPSA) is 91.0 Å². The smallest absolute Gasteiger partial charge is 0.331 e. The zero-order valence-electron chi connectivity index (χ0n) is 21.8. The van der Waals surface area contributed by atoms with Crippen LogP contribution in [-0.4, -0.2) is 38.0 Å².